The highest BCUT2D eigenvalue weighted by Crippen LogP contribution is 2.11. The van der Waals surface area contributed by atoms with Gasteiger partial charge in [0.25, 0.3) is 0 Å². The summed E-state index contributed by atoms with van der Waals surface area (Å²) in [7, 11) is 0. The molecule has 0 saturated heterocycles. The Bertz CT molecular complexity index is 166. The number of hydrogen-bond acceptors (Lipinski definition) is 2. The minimum atomic E-state index is -0.612. The van der Waals surface area contributed by atoms with Crippen LogP contribution in [0.2, 0.25) is 0 Å². The van der Waals surface area contributed by atoms with Gasteiger partial charge in [0.2, 0.25) is 5.91 Å². The molecule has 0 bridgehead atoms. The molecule has 12 heavy (non-hydrogen) atoms. The highest BCUT2D eigenvalue weighted by Gasteiger charge is 2.14. The normalized spacial score (nSPS) is 16.2. The number of amides is 1. The standard InChI is InChI=1S/C9H17NO2/c1-3-4-5-7(2)8(11)6-9(10)12/h3-4,7-8,11H,5-6H2,1-2H3,(H2,10,12). The third-order valence-corrected chi connectivity index (χ3v) is 1.81. The molecule has 1 amide bonds. The summed E-state index contributed by atoms with van der Waals surface area (Å²) in [4.78, 5) is 10.4. The van der Waals surface area contributed by atoms with E-state index in [0.717, 1.165) is 6.42 Å². The molecule has 3 nitrogen and oxygen atoms in total. The van der Waals surface area contributed by atoms with Crippen LogP contribution >= 0.6 is 0 Å². The fourth-order valence-electron chi connectivity index (χ4n) is 0.915. The topological polar surface area (TPSA) is 63.3 Å². The SMILES string of the molecule is CC=CCC(C)C(O)CC(N)=O. The second-order valence-electron chi connectivity index (χ2n) is 3.02. The maximum Gasteiger partial charge on any atom is 0.220 e. The minimum absolute atomic E-state index is 0.0543. The molecule has 3 heteroatoms. The van der Waals surface area contributed by atoms with Gasteiger partial charge in [-0.15, -0.1) is 0 Å². The lowest BCUT2D eigenvalue weighted by Crippen LogP contribution is -2.25. The Hall–Kier alpha value is -0.830. The number of nitrogens with two attached hydrogens (primary N) is 1. The lowest BCUT2D eigenvalue weighted by atomic mass is 9.98. The van der Waals surface area contributed by atoms with Crippen molar-refractivity contribution in [1.29, 1.82) is 0 Å². The second-order valence-corrected chi connectivity index (χ2v) is 3.02. The molecule has 0 radical (unpaired) electrons. The fourth-order valence-corrected chi connectivity index (χ4v) is 0.915. The Morgan fingerprint density at radius 3 is 2.67 bits per heavy atom. The van der Waals surface area contributed by atoms with Crippen molar-refractivity contribution in [2.75, 3.05) is 0 Å². The van der Waals surface area contributed by atoms with E-state index in [1.807, 2.05) is 26.0 Å². The van der Waals surface area contributed by atoms with Gasteiger partial charge in [-0.3, -0.25) is 4.79 Å². The monoisotopic (exact) mass is 171 g/mol. The summed E-state index contributed by atoms with van der Waals surface area (Å²) >= 11 is 0. The lowest BCUT2D eigenvalue weighted by molar-refractivity contribution is -0.120. The number of carbonyl (C=O) groups is 1. The molecular weight excluding hydrogens is 154 g/mol. The molecule has 2 unspecified atom stereocenters. The van der Waals surface area contributed by atoms with Crippen molar-refractivity contribution in [1.82, 2.24) is 0 Å². The summed E-state index contributed by atoms with van der Waals surface area (Å²) in [6, 6.07) is 0. The maximum atomic E-state index is 10.4. The molecular formula is C9H17NO2. The molecule has 0 fully saturated rings. The first-order valence-corrected chi connectivity index (χ1v) is 4.15. The number of allylic oxidation sites excluding steroid dienone is 2. The molecule has 0 rings (SSSR count). The van der Waals surface area contributed by atoms with Gasteiger partial charge in [-0.05, 0) is 19.3 Å². The first-order chi connectivity index (χ1) is 5.57. The Morgan fingerprint density at radius 2 is 2.25 bits per heavy atom. The van der Waals surface area contributed by atoms with Crippen LogP contribution in [0.15, 0.2) is 12.2 Å². The molecule has 2 atom stereocenters. The Labute approximate surface area is 73.3 Å². The summed E-state index contributed by atoms with van der Waals surface area (Å²) in [5.41, 5.74) is 4.94. The summed E-state index contributed by atoms with van der Waals surface area (Å²) in [5, 5.41) is 9.38. The van der Waals surface area contributed by atoms with E-state index in [4.69, 9.17) is 5.73 Å². The van der Waals surface area contributed by atoms with Crippen LogP contribution in [-0.4, -0.2) is 17.1 Å². The van der Waals surface area contributed by atoms with E-state index in [1.165, 1.54) is 0 Å². The van der Waals surface area contributed by atoms with Gasteiger partial charge in [-0.1, -0.05) is 19.1 Å². The van der Waals surface area contributed by atoms with Gasteiger partial charge in [0.15, 0.2) is 0 Å². The average Bonchev–Trinajstić information content (AvgIpc) is 1.98. The molecule has 0 heterocycles. The third kappa shape index (κ3) is 4.91. The lowest BCUT2D eigenvalue weighted by Gasteiger charge is -2.15. The van der Waals surface area contributed by atoms with Crippen molar-refractivity contribution in [3.8, 4) is 0 Å². The van der Waals surface area contributed by atoms with Crippen molar-refractivity contribution in [2.24, 2.45) is 11.7 Å². The van der Waals surface area contributed by atoms with Crippen LogP contribution in [0, 0.1) is 5.92 Å². The van der Waals surface area contributed by atoms with Gasteiger partial charge in [-0.2, -0.15) is 0 Å². The maximum absolute atomic E-state index is 10.4. The second kappa shape index (κ2) is 5.77. The summed E-state index contributed by atoms with van der Waals surface area (Å²) in [6.45, 7) is 3.82. The first kappa shape index (κ1) is 11.2. The van der Waals surface area contributed by atoms with Crippen molar-refractivity contribution >= 4 is 5.91 Å². The van der Waals surface area contributed by atoms with E-state index in [2.05, 4.69) is 0 Å². The zero-order chi connectivity index (χ0) is 9.56. The van der Waals surface area contributed by atoms with Gasteiger partial charge < -0.3 is 10.8 Å². The van der Waals surface area contributed by atoms with Gasteiger partial charge in [0.05, 0.1) is 12.5 Å². The van der Waals surface area contributed by atoms with E-state index in [1.54, 1.807) is 0 Å². The van der Waals surface area contributed by atoms with Crippen LogP contribution < -0.4 is 5.73 Å². The summed E-state index contributed by atoms with van der Waals surface area (Å²) in [6.07, 6.45) is 4.12. The molecule has 0 spiro atoms. The van der Waals surface area contributed by atoms with Crippen LogP contribution in [-0.2, 0) is 4.79 Å². The Morgan fingerprint density at radius 1 is 1.67 bits per heavy atom. The van der Waals surface area contributed by atoms with Gasteiger partial charge >= 0.3 is 0 Å². The van der Waals surface area contributed by atoms with E-state index < -0.39 is 12.0 Å². The van der Waals surface area contributed by atoms with E-state index >= 15 is 0 Å². The van der Waals surface area contributed by atoms with E-state index in [9.17, 15) is 9.90 Å². The summed E-state index contributed by atoms with van der Waals surface area (Å²) in [5.74, 6) is -0.358. The van der Waals surface area contributed by atoms with Gasteiger partial charge in [0.1, 0.15) is 0 Å². The average molecular weight is 171 g/mol. The summed E-state index contributed by atoms with van der Waals surface area (Å²) < 4.78 is 0. The van der Waals surface area contributed by atoms with E-state index in [0.29, 0.717) is 0 Å². The Kier molecular flexibility index (Phi) is 5.37. The van der Waals surface area contributed by atoms with E-state index in [-0.39, 0.29) is 12.3 Å². The van der Waals surface area contributed by atoms with Crippen LogP contribution in [0.3, 0.4) is 0 Å². The number of hydrogen-bond donors (Lipinski definition) is 2. The predicted molar refractivity (Wildman–Crippen MR) is 48.4 cm³/mol. The van der Waals surface area contributed by atoms with Gasteiger partial charge in [0, 0.05) is 0 Å². The van der Waals surface area contributed by atoms with Crippen molar-refractivity contribution < 1.29 is 9.90 Å². The number of rotatable bonds is 5. The van der Waals surface area contributed by atoms with Crippen LogP contribution in [0.1, 0.15) is 26.7 Å². The highest BCUT2D eigenvalue weighted by molar-refractivity contribution is 5.74. The fraction of sp³-hybridized carbons (Fsp3) is 0.667. The van der Waals surface area contributed by atoms with Crippen LogP contribution in [0.5, 0.6) is 0 Å². The number of aliphatic hydroxyl groups is 1. The molecule has 0 aliphatic carbocycles. The third-order valence-electron chi connectivity index (χ3n) is 1.81. The van der Waals surface area contributed by atoms with Crippen molar-refractivity contribution in [3.63, 3.8) is 0 Å². The zero-order valence-corrected chi connectivity index (χ0v) is 7.66. The van der Waals surface area contributed by atoms with Crippen molar-refractivity contribution in [3.05, 3.63) is 12.2 Å². The zero-order valence-electron chi connectivity index (χ0n) is 7.66. The number of aliphatic hydroxyl groups excluding tert-OH is 1. The molecule has 0 aromatic heterocycles. The van der Waals surface area contributed by atoms with Crippen molar-refractivity contribution in [2.45, 2.75) is 32.8 Å². The molecule has 70 valence electrons. The molecule has 0 aromatic rings. The highest BCUT2D eigenvalue weighted by atomic mass is 16.3. The predicted octanol–water partition coefficient (Wildman–Crippen LogP) is 0.825. The largest absolute Gasteiger partial charge is 0.392 e. The molecule has 0 saturated carbocycles. The molecule has 0 aliphatic rings. The minimum Gasteiger partial charge on any atom is -0.392 e. The number of primary amides is 1. The Balaban J connectivity index is 3.75. The van der Waals surface area contributed by atoms with Crippen LogP contribution in [0.4, 0.5) is 0 Å². The molecule has 0 aliphatic heterocycles. The van der Waals surface area contributed by atoms with Gasteiger partial charge in [-0.25, -0.2) is 0 Å². The molecule has 0 aromatic carbocycles. The first-order valence-electron chi connectivity index (χ1n) is 4.15. The smallest absolute Gasteiger partial charge is 0.220 e. The van der Waals surface area contributed by atoms with Crippen LogP contribution in [0.25, 0.3) is 0 Å². The number of carbonyl (C=O) groups excluding carboxylic acids is 1. The quantitative estimate of drug-likeness (QED) is 0.602. The molecule has 3 N–H and O–H groups in total.